The van der Waals surface area contributed by atoms with Gasteiger partial charge in [0.1, 0.15) is 5.75 Å². The molecule has 5 nitrogen and oxygen atoms in total. The first-order valence-corrected chi connectivity index (χ1v) is 9.03. The fraction of sp³-hybridized carbons (Fsp3) is 0.632. The quantitative estimate of drug-likeness (QED) is 0.372. The summed E-state index contributed by atoms with van der Waals surface area (Å²) in [5, 5.41) is 6.93. The number of para-hydroxylation sites is 1. The van der Waals surface area contributed by atoms with Gasteiger partial charge in [0.25, 0.3) is 0 Å². The summed E-state index contributed by atoms with van der Waals surface area (Å²) < 4.78 is 5.60. The second kappa shape index (κ2) is 11.6. The highest BCUT2D eigenvalue weighted by Crippen LogP contribution is 2.31. The maximum Gasteiger partial charge on any atom is 0.191 e. The summed E-state index contributed by atoms with van der Waals surface area (Å²) in [7, 11) is 3.57. The van der Waals surface area contributed by atoms with E-state index in [0.29, 0.717) is 12.1 Å². The normalized spacial score (nSPS) is 17.5. The van der Waals surface area contributed by atoms with Gasteiger partial charge in [-0.05, 0) is 45.3 Å². The van der Waals surface area contributed by atoms with E-state index in [4.69, 9.17) is 4.74 Å². The van der Waals surface area contributed by atoms with Crippen molar-refractivity contribution in [3.8, 4) is 5.75 Å². The molecule has 1 aliphatic heterocycles. The minimum Gasteiger partial charge on any atom is -0.496 e. The largest absolute Gasteiger partial charge is 0.496 e. The smallest absolute Gasteiger partial charge is 0.191 e. The summed E-state index contributed by atoms with van der Waals surface area (Å²) in [4.78, 5) is 6.90. The van der Waals surface area contributed by atoms with Gasteiger partial charge in [-0.15, -0.1) is 24.0 Å². The van der Waals surface area contributed by atoms with Crippen molar-refractivity contribution in [2.45, 2.75) is 45.2 Å². The molecule has 2 unspecified atom stereocenters. The van der Waals surface area contributed by atoms with E-state index in [-0.39, 0.29) is 24.0 Å². The highest BCUT2D eigenvalue weighted by atomic mass is 127. The summed E-state index contributed by atoms with van der Waals surface area (Å²) in [5.74, 6) is 1.82. The maximum atomic E-state index is 5.60. The summed E-state index contributed by atoms with van der Waals surface area (Å²) in [6.45, 7) is 7.44. The van der Waals surface area contributed by atoms with Crippen LogP contribution in [-0.4, -0.2) is 50.7 Å². The van der Waals surface area contributed by atoms with Gasteiger partial charge in [0.05, 0.1) is 13.2 Å². The lowest BCUT2D eigenvalue weighted by Crippen LogP contribution is -2.45. The Morgan fingerprint density at radius 2 is 1.96 bits per heavy atom. The molecule has 0 saturated carbocycles. The predicted molar refractivity (Wildman–Crippen MR) is 116 cm³/mol. The number of aliphatic imine (C=N–C) groups is 1. The Morgan fingerprint density at radius 3 is 2.56 bits per heavy atom. The second-order valence-corrected chi connectivity index (χ2v) is 6.41. The van der Waals surface area contributed by atoms with Crippen LogP contribution in [0.3, 0.4) is 0 Å². The fourth-order valence-corrected chi connectivity index (χ4v) is 3.15. The minimum absolute atomic E-state index is 0. The van der Waals surface area contributed by atoms with E-state index in [1.165, 1.54) is 18.4 Å². The molecule has 25 heavy (non-hydrogen) atoms. The number of hydrogen-bond donors (Lipinski definition) is 2. The third-order valence-corrected chi connectivity index (χ3v) is 4.76. The molecule has 6 heteroatoms. The van der Waals surface area contributed by atoms with Crippen LogP contribution in [0.15, 0.2) is 29.3 Å². The average Bonchev–Trinajstić information content (AvgIpc) is 3.15. The molecule has 0 amide bonds. The van der Waals surface area contributed by atoms with Crippen LogP contribution in [0, 0.1) is 0 Å². The fourth-order valence-electron chi connectivity index (χ4n) is 3.15. The average molecular weight is 460 g/mol. The molecule has 2 rings (SSSR count). The first kappa shape index (κ1) is 22.0. The standard InChI is InChI=1S/C19H32N4O.HI/c1-5-15(2)22-19(20-3)21-14-17(23-12-8-9-13-23)16-10-6-7-11-18(16)24-4;/h6-7,10-11,15,17H,5,8-9,12-14H2,1-4H3,(H2,20,21,22);1H. The number of guanidine groups is 1. The third-order valence-electron chi connectivity index (χ3n) is 4.76. The van der Waals surface area contributed by atoms with Crippen molar-refractivity contribution in [2.24, 2.45) is 4.99 Å². The van der Waals surface area contributed by atoms with E-state index in [1.807, 2.05) is 19.2 Å². The van der Waals surface area contributed by atoms with Crippen LogP contribution in [0.1, 0.15) is 44.7 Å². The predicted octanol–water partition coefficient (Wildman–Crippen LogP) is 3.41. The summed E-state index contributed by atoms with van der Waals surface area (Å²) in [5.41, 5.74) is 1.24. The van der Waals surface area contributed by atoms with E-state index in [1.54, 1.807) is 7.11 Å². The van der Waals surface area contributed by atoms with E-state index in [0.717, 1.165) is 37.8 Å². The van der Waals surface area contributed by atoms with Gasteiger partial charge in [-0.1, -0.05) is 25.1 Å². The van der Waals surface area contributed by atoms with Crippen molar-refractivity contribution in [3.05, 3.63) is 29.8 Å². The van der Waals surface area contributed by atoms with E-state index < -0.39 is 0 Å². The van der Waals surface area contributed by atoms with Crippen LogP contribution in [0.4, 0.5) is 0 Å². The molecule has 2 N–H and O–H groups in total. The van der Waals surface area contributed by atoms with Crippen molar-refractivity contribution in [3.63, 3.8) is 0 Å². The monoisotopic (exact) mass is 460 g/mol. The molecule has 1 saturated heterocycles. The first-order valence-electron chi connectivity index (χ1n) is 9.03. The number of methoxy groups -OCH3 is 1. The van der Waals surface area contributed by atoms with Gasteiger partial charge in [0.15, 0.2) is 5.96 Å². The summed E-state index contributed by atoms with van der Waals surface area (Å²) in [6, 6.07) is 9.04. The molecule has 1 fully saturated rings. The first-order chi connectivity index (χ1) is 11.7. The molecule has 0 bridgehead atoms. The number of nitrogens with zero attached hydrogens (tertiary/aromatic N) is 2. The molecule has 1 heterocycles. The number of nitrogens with one attached hydrogen (secondary N) is 2. The lowest BCUT2D eigenvalue weighted by molar-refractivity contribution is 0.239. The van der Waals surface area contributed by atoms with Gasteiger partial charge in [0.2, 0.25) is 0 Å². The van der Waals surface area contributed by atoms with Crippen molar-refractivity contribution in [2.75, 3.05) is 33.8 Å². The molecule has 2 atom stereocenters. The number of benzene rings is 1. The zero-order chi connectivity index (χ0) is 17.4. The van der Waals surface area contributed by atoms with Crippen LogP contribution in [0.25, 0.3) is 0 Å². The SMILES string of the molecule is CCC(C)NC(=NC)NCC(c1ccccc1OC)N1CCCC1.I. The van der Waals surface area contributed by atoms with Crippen LogP contribution in [-0.2, 0) is 0 Å². The van der Waals surface area contributed by atoms with Gasteiger partial charge in [-0.2, -0.15) is 0 Å². The highest BCUT2D eigenvalue weighted by molar-refractivity contribution is 14.0. The van der Waals surface area contributed by atoms with Crippen molar-refractivity contribution in [1.82, 2.24) is 15.5 Å². The molecule has 142 valence electrons. The Balaban J connectivity index is 0.00000312. The summed E-state index contributed by atoms with van der Waals surface area (Å²) in [6.07, 6.45) is 3.61. The highest BCUT2D eigenvalue weighted by Gasteiger charge is 2.26. The van der Waals surface area contributed by atoms with Gasteiger partial charge in [-0.25, -0.2) is 0 Å². The molecule has 0 spiro atoms. The lowest BCUT2D eigenvalue weighted by Gasteiger charge is -2.30. The minimum atomic E-state index is 0. The molecule has 1 aromatic rings. The molecule has 1 aliphatic rings. The van der Waals surface area contributed by atoms with Crippen molar-refractivity contribution < 1.29 is 4.74 Å². The van der Waals surface area contributed by atoms with E-state index in [2.05, 4.69) is 46.5 Å². The van der Waals surface area contributed by atoms with Gasteiger partial charge in [0, 0.05) is 25.2 Å². The Morgan fingerprint density at radius 1 is 1.28 bits per heavy atom. The van der Waals surface area contributed by atoms with Crippen molar-refractivity contribution >= 4 is 29.9 Å². The zero-order valence-corrected chi connectivity index (χ0v) is 18.2. The number of likely N-dealkylation sites (tertiary alicyclic amines) is 1. The molecule has 0 radical (unpaired) electrons. The number of halogens is 1. The van der Waals surface area contributed by atoms with Gasteiger partial charge < -0.3 is 15.4 Å². The van der Waals surface area contributed by atoms with E-state index in [9.17, 15) is 0 Å². The van der Waals surface area contributed by atoms with E-state index >= 15 is 0 Å². The second-order valence-electron chi connectivity index (χ2n) is 6.41. The molecular formula is C19H33IN4O. The Bertz CT molecular complexity index is 532. The molecule has 0 aromatic heterocycles. The topological polar surface area (TPSA) is 48.9 Å². The molecule has 1 aromatic carbocycles. The summed E-state index contributed by atoms with van der Waals surface area (Å²) >= 11 is 0. The Kier molecular flexibility index (Phi) is 10.2. The van der Waals surface area contributed by atoms with Crippen LogP contribution >= 0.6 is 24.0 Å². The number of ether oxygens (including phenoxy) is 1. The molecule has 0 aliphatic carbocycles. The Hall–Kier alpha value is -1.02. The molecular weight excluding hydrogens is 427 g/mol. The van der Waals surface area contributed by atoms with Crippen LogP contribution < -0.4 is 15.4 Å². The zero-order valence-electron chi connectivity index (χ0n) is 15.9. The third kappa shape index (κ3) is 6.33. The van der Waals surface area contributed by atoms with Crippen molar-refractivity contribution in [1.29, 1.82) is 0 Å². The number of rotatable bonds is 7. The maximum absolute atomic E-state index is 5.60. The van der Waals surface area contributed by atoms with Gasteiger partial charge >= 0.3 is 0 Å². The van der Waals surface area contributed by atoms with Crippen LogP contribution in [0.5, 0.6) is 5.75 Å². The number of hydrogen-bond acceptors (Lipinski definition) is 3. The Labute approximate surface area is 169 Å². The van der Waals surface area contributed by atoms with Gasteiger partial charge in [-0.3, -0.25) is 9.89 Å². The lowest BCUT2D eigenvalue weighted by atomic mass is 10.0. The van der Waals surface area contributed by atoms with Crippen LogP contribution in [0.2, 0.25) is 0 Å².